The summed E-state index contributed by atoms with van der Waals surface area (Å²) in [5.41, 5.74) is -0.717. The Hall–Kier alpha value is -2.84. The first kappa shape index (κ1) is 18.9. The highest BCUT2D eigenvalue weighted by Crippen LogP contribution is 2.36. The maximum absolute atomic E-state index is 12.8. The average Bonchev–Trinajstić information content (AvgIpc) is 2.86. The van der Waals surface area contributed by atoms with E-state index in [1.165, 1.54) is 12.1 Å². The molecule has 144 valence electrons. The molecular weight excluding hydrogens is 363 g/mol. The molecule has 1 amide bonds. The fraction of sp³-hybridized carbons (Fsp3) is 0.389. The molecular formula is C18H18F3N3O3. The number of fused-ring (bicyclic) bond motifs is 1. The number of hydrogen-bond acceptors (Lipinski definition) is 5. The van der Waals surface area contributed by atoms with Crippen molar-refractivity contribution in [1.82, 2.24) is 9.97 Å². The van der Waals surface area contributed by atoms with Gasteiger partial charge in [0.15, 0.2) is 0 Å². The number of carbonyl (C=O) groups is 1. The smallest absolute Gasteiger partial charge is 0.433 e. The van der Waals surface area contributed by atoms with Gasteiger partial charge in [-0.15, -0.1) is 0 Å². The Bertz CT molecular complexity index is 882. The third kappa shape index (κ3) is 4.12. The summed E-state index contributed by atoms with van der Waals surface area (Å²) in [7, 11) is 0. The van der Waals surface area contributed by atoms with Crippen LogP contribution < -0.4 is 14.8 Å². The molecule has 6 nitrogen and oxygen atoms in total. The van der Waals surface area contributed by atoms with Crippen LogP contribution in [0, 0.1) is 0 Å². The van der Waals surface area contributed by atoms with Gasteiger partial charge in [0.2, 0.25) is 11.8 Å². The fourth-order valence-corrected chi connectivity index (χ4v) is 2.75. The molecule has 0 fully saturated rings. The van der Waals surface area contributed by atoms with E-state index in [-0.39, 0.29) is 23.9 Å². The highest BCUT2D eigenvalue weighted by atomic mass is 19.4. The minimum absolute atomic E-state index is 0.0541. The molecule has 0 saturated heterocycles. The van der Waals surface area contributed by atoms with Crippen LogP contribution in [0.2, 0.25) is 0 Å². The van der Waals surface area contributed by atoms with E-state index in [1.807, 2.05) is 13.8 Å². The van der Waals surface area contributed by atoms with Crippen LogP contribution in [0.3, 0.4) is 0 Å². The molecule has 3 rings (SSSR count). The Balaban J connectivity index is 1.91. The highest BCUT2D eigenvalue weighted by Gasteiger charge is 2.34. The van der Waals surface area contributed by atoms with Crippen molar-refractivity contribution in [1.29, 1.82) is 0 Å². The van der Waals surface area contributed by atoms with Crippen molar-refractivity contribution >= 4 is 11.7 Å². The first-order chi connectivity index (χ1) is 12.6. The van der Waals surface area contributed by atoms with Crippen molar-refractivity contribution in [2.75, 3.05) is 11.9 Å². The van der Waals surface area contributed by atoms with Crippen LogP contribution in [0.5, 0.6) is 11.8 Å². The summed E-state index contributed by atoms with van der Waals surface area (Å²) in [5.74, 6) is -0.435. The molecule has 0 bridgehead atoms. The van der Waals surface area contributed by atoms with Gasteiger partial charge >= 0.3 is 6.18 Å². The van der Waals surface area contributed by atoms with Gasteiger partial charge in [-0.1, -0.05) is 6.07 Å². The zero-order chi connectivity index (χ0) is 19.8. The molecule has 2 aromatic heterocycles. The third-order valence-electron chi connectivity index (χ3n) is 3.82. The van der Waals surface area contributed by atoms with E-state index in [0.717, 1.165) is 11.6 Å². The summed E-state index contributed by atoms with van der Waals surface area (Å²) >= 11 is 0. The first-order valence-corrected chi connectivity index (χ1v) is 8.30. The third-order valence-corrected chi connectivity index (χ3v) is 3.82. The molecule has 0 spiro atoms. The lowest BCUT2D eigenvalue weighted by atomic mass is 10.0. The second kappa shape index (κ2) is 6.71. The normalized spacial score (nSPS) is 15.0. The Morgan fingerprint density at radius 2 is 2.07 bits per heavy atom. The van der Waals surface area contributed by atoms with E-state index in [4.69, 9.17) is 9.47 Å². The summed E-state index contributed by atoms with van der Waals surface area (Å²) in [5, 5.41) is 2.37. The van der Waals surface area contributed by atoms with Crippen LogP contribution in [0.1, 0.15) is 42.4 Å². The van der Waals surface area contributed by atoms with Gasteiger partial charge in [-0.2, -0.15) is 18.2 Å². The van der Waals surface area contributed by atoms with Crippen molar-refractivity contribution < 1.29 is 27.4 Å². The number of amides is 1. The molecule has 27 heavy (non-hydrogen) atoms. The van der Waals surface area contributed by atoms with E-state index < -0.39 is 23.4 Å². The van der Waals surface area contributed by atoms with Gasteiger partial charge in [0, 0.05) is 12.0 Å². The predicted molar refractivity (Wildman–Crippen MR) is 91.0 cm³/mol. The van der Waals surface area contributed by atoms with Gasteiger partial charge < -0.3 is 14.8 Å². The molecule has 1 aliphatic rings. The van der Waals surface area contributed by atoms with E-state index >= 15 is 0 Å². The minimum Gasteiger partial charge on any atom is -0.477 e. The second-order valence-corrected chi connectivity index (χ2v) is 6.64. The van der Waals surface area contributed by atoms with Crippen LogP contribution in [0.4, 0.5) is 19.0 Å². The first-order valence-electron chi connectivity index (χ1n) is 8.30. The quantitative estimate of drug-likeness (QED) is 0.871. The number of ether oxygens (including phenoxy) is 2. The Kier molecular flexibility index (Phi) is 4.71. The van der Waals surface area contributed by atoms with Gasteiger partial charge in [-0.05, 0) is 39.0 Å². The van der Waals surface area contributed by atoms with Crippen molar-refractivity contribution in [2.45, 2.75) is 39.0 Å². The second-order valence-electron chi connectivity index (χ2n) is 6.64. The van der Waals surface area contributed by atoms with E-state index in [2.05, 4.69) is 15.3 Å². The topological polar surface area (TPSA) is 73.3 Å². The minimum atomic E-state index is -4.60. The van der Waals surface area contributed by atoms with Gasteiger partial charge in [-0.25, -0.2) is 4.98 Å². The summed E-state index contributed by atoms with van der Waals surface area (Å²) in [4.78, 5) is 20.3. The maximum atomic E-state index is 12.8. The number of nitrogens with one attached hydrogen (secondary N) is 1. The van der Waals surface area contributed by atoms with Gasteiger partial charge in [0.05, 0.1) is 6.61 Å². The van der Waals surface area contributed by atoms with Crippen LogP contribution in [0.15, 0.2) is 24.3 Å². The van der Waals surface area contributed by atoms with Gasteiger partial charge in [0.1, 0.15) is 22.7 Å². The number of carbonyl (C=O) groups excluding carboxylic acids is 1. The van der Waals surface area contributed by atoms with Crippen molar-refractivity contribution in [2.24, 2.45) is 0 Å². The van der Waals surface area contributed by atoms with Crippen LogP contribution in [-0.2, 0) is 12.6 Å². The molecule has 3 heterocycles. The number of hydrogen-bond donors (Lipinski definition) is 1. The van der Waals surface area contributed by atoms with Crippen molar-refractivity contribution in [3.8, 4) is 11.8 Å². The van der Waals surface area contributed by atoms with Gasteiger partial charge in [-0.3, -0.25) is 4.79 Å². The number of nitrogens with zero attached hydrogens (tertiary/aromatic N) is 2. The maximum Gasteiger partial charge on any atom is 0.433 e. The lowest BCUT2D eigenvalue weighted by molar-refractivity contribution is -0.141. The number of anilines is 1. The Morgan fingerprint density at radius 1 is 1.33 bits per heavy atom. The summed E-state index contributed by atoms with van der Waals surface area (Å²) in [6.45, 7) is 5.77. The van der Waals surface area contributed by atoms with Crippen LogP contribution in [-0.4, -0.2) is 28.1 Å². The Labute approximate surface area is 153 Å². The van der Waals surface area contributed by atoms with Gasteiger partial charge in [0.25, 0.3) is 5.91 Å². The molecule has 1 aliphatic heterocycles. The lowest BCUT2D eigenvalue weighted by Gasteiger charge is -2.16. The molecule has 0 radical (unpaired) electrons. The molecule has 1 N–H and O–H groups in total. The fourth-order valence-electron chi connectivity index (χ4n) is 2.75. The summed E-state index contributed by atoms with van der Waals surface area (Å²) < 4.78 is 49.5. The van der Waals surface area contributed by atoms with E-state index in [9.17, 15) is 18.0 Å². The molecule has 9 heteroatoms. The zero-order valence-corrected chi connectivity index (χ0v) is 15.0. The van der Waals surface area contributed by atoms with Crippen LogP contribution in [0.25, 0.3) is 0 Å². The average molecular weight is 381 g/mol. The van der Waals surface area contributed by atoms with E-state index in [1.54, 1.807) is 13.0 Å². The summed E-state index contributed by atoms with van der Waals surface area (Å²) in [6.07, 6.45) is -4.06. The monoisotopic (exact) mass is 381 g/mol. The lowest BCUT2D eigenvalue weighted by Crippen LogP contribution is -2.24. The summed E-state index contributed by atoms with van der Waals surface area (Å²) in [6, 6.07) is 4.87. The predicted octanol–water partition coefficient (Wildman–Crippen LogP) is 3.86. The highest BCUT2D eigenvalue weighted by molar-refractivity contribution is 6.05. The molecule has 2 aromatic rings. The number of halogens is 3. The molecule has 0 saturated carbocycles. The number of alkyl halides is 3. The number of pyridine rings is 2. The largest absolute Gasteiger partial charge is 0.477 e. The SMILES string of the molecule is CCOc1nc2c(cc1C(=O)Nc1cccc(C(F)(F)F)n1)CC(C)(C)O2. The van der Waals surface area contributed by atoms with Crippen LogP contribution >= 0.6 is 0 Å². The standard InChI is InChI=1S/C18H18F3N3O3/c1-4-26-16-11(8-10-9-17(2,3)27-15(10)24-16)14(25)23-13-7-5-6-12(22-13)18(19,20)21/h5-8H,4,9H2,1-3H3,(H,22,23,25). The van der Waals surface area contributed by atoms with Crippen molar-refractivity contribution in [3.63, 3.8) is 0 Å². The zero-order valence-electron chi connectivity index (χ0n) is 15.0. The number of rotatable bonds is 4. The Morgan fingerprint density at radius 3 is 2.74 bits per heavy atom. The molecule has 0 aromatic carbocycles. The van der Waals surface area contributed by atoms with E-state index in [0.29, 0.717) is 12.3 Å². The molecule has 0 atom stereocenters. The molecule has 0 aliphatic carbocycles. The number of aromatic nitrogens is 2. The molecule has 0 unspecified atom stereocenters. The van der Waals surface area contributed by atoms with Crippen molar-refractivity contribution in [3.05, 3.63) is 41.1 Å².